The minimum absolute atomic E-state index is 0.514. The van der Waals surface area contributed by atoms with Crippen LogP contribution in [0.4, 0.5) is 0 Å². The van der Waals surface area contributed by atoms with E-state index in [4.69, 9.17) is 0 Å². The van der Waals surface area contributed by atoms with E-state index in [0.29, 0.717) is 5.92 Å². The van der Waals surface area contributed by atoms with Gasteiger partial charge in [-0.3, -0.25) is 4.99 Å². The van der Waals surface area contributed by atoms with Gasteiger partial charge in [0.15, 0.2) is 0 Å². The molecule has 0 radical (unpaired) electrons. The number of benzene rings is 1. The summed E-state index contributed by atoms with van der Waals surface area (Å²) in [5.41, 5.74) is 1.39. The molecule has 0 amide bonds. The molecule has 14 heavy (non-hydrogen) atoms. The summed E-state index contributed by atoms with van der Waals surface area (Å²) < 4.78 is 0. The lowest BCUT2D eigenvalue weighted by Gasteiger charge is -2.11. The third-order valence-corrected chi connectivity index (χ3v) is 2.55. The van der Waals surface area contributed by atoms with Crippen LogP contribution in [-0.4, -0.2) is 18.9 Å². The summed E-state index contributed by atoms with van der Waals surface area (Å²) in [6, 6.07) is 10.6. The summed E-state index contributed by atoms with van der Waals surface area (Å²) in [6.45, 7) is 4.17. The molecule has 1 aliphatic rings. The van der Waals surface area contributed by atoms with Crippen LogP contribution in [0.5, 0.6) is 0 Å². The highest BCUT2D eigenvalue weighted by atomic mass is 15.1. The minimum Gasteiger partial charge on any atom is -0.372 e. The second-order valence-electron chi connectivity index (χ2n) is 3.78. The lowest BCUT2D eigenvalue weighted by Crippen LogP contribution is -2.26. The predicted octanol–water partition coefficient (Wildman–Crippen LogP) is 1.87. The Bertz CT molecular complexity index is 316. The van der Waals surface area contributed by atoms with Crippen molar-refractivity contribution in [2.75, 3.05) is 13.1 Å². The van der Waals surface area contributed by atoms with Gasteiger partial charge in [0, 0.05) is 12.5 Å². The smallest absolute Gasteiger partial charge is 0.0996 e. The maximum Gasteiger partial charge on any atom is 0.0996 e. The van der Waals surface area contributed by atoms with E-state index in [2.05, 4.69) is 47.6 Å². The Hall–Kier alpha value is -1.31. The zero-order valence-corrected chi connectivity index (χ0v) is 8.53. The van der Waals surface area contributed by atoms with Crippen molar-refractivity contribution in [3.05, 3.63) is 35.9 Å². The molecule has 2 nitrogen and oxygen atoms in total. The molecule has 0 saturated carbocycles. The Morgan fingerprint density at radius 3 is 2.79 bits per heavy atom. The summed E-state index contributed by atoms with van der Waals surface area (Å²) in [5, 5.41) is 3.33. The van der Waals surface area contributed by atoms with Gasteiger partial charge < -0.3 is 5.32 Å². The molecule has 0 bridgehead atoms. The lowest BCUT2D eigenvalue weighted by molar-refractivity contribution is 0.743. The summed E-state index contributed by atoms with van der Waals surface area (Å²) in [7, 11) is 0. The topological polar surface area (TPSA) is 24.4 Å². The SMILES string of the molecule is C[C@H](Cc1ccccc1)C1=NCCN1. The number of hydrogen-bond donors (Lipinski definition) is 1. The molecule has 0 fully saturated rings. The first-order valence-corrected chi connectivity index (χ1v) is 5.18. The number of nitrogens with one attached hydrogen (secondary N) is 1. The van der Waals surface area contributed by atoms with Crippen LogP contribution >= 0.6 is 0 Å². The van der Waals surface area contributed by atoms with Gasteiger partial charge in [0.1, 0.15) is 0 Å². The monoisotopic (exact) mass is 188 g/mol. The van der Waals surface area contributed by atoms with Gasteiger partial charge in [0.25, 0.3) is 0 Å². The predicted molar refractivity (Wildman–Crippen MR) is 59.6 cm³/mol. The maximum absolute atomic E-state index is 4.44. The number of rotatable bonds is 3. The van der Waals surface area contributed by atoms with Crippen molar-refractivity contribution in [2.45, 2.75) is 13.3 Å². The molecule has 0 saturated heterocycles. The van der Waals surface area contributed by atoms with Gasteiger partial charge >= 0.3 is 0 Å². The first-order valence-electron chi connectivity index (χ1n) is 5.18. The fraction of sp³-hybridized carbons (Fsp3) is 0.417. The number of aliphatic imine (C=N–C) groups is 1. The molecule has 1 aliphatic heterocycles. The molecule has 0 aliphatic carbocycles. The maximum atomic E-state index is 4.44. The van der Waals surface area contributed by atoms with Crippen LogP contribution in [-0.2, 0) is 6.42 Å². The summed E-state index contributed by atoms with van der Waals surface area (Å²) >= 11 is 0. The van der Waals surface area contributed by atoms with Crippen molar-refractivity contribution in [1.82, 2.24) is 5.32 Å². The van der Waals surface area contributed by atoms with Crippen molar-refractivity contribution in [2.24, 2.45) is 10.9 Å². The van der Waals surface area contributed by atoms with Crippen molar-refractivity contribution >= 4 is 5.84 Å². The molecule has 1 atom stereocenters. The number of hydrogen-bond acceptors (Lipinski definition) is 2. The fourth-order valence-corrected chi connectivity index (χ4v) is 1.81. The van der Waals surface area contributed by atoms with E-state index in [-0.39, 0.29) is 0 Å². The van der Waals surface area contributed by atoms with E-state index in [1.54, 1.807) is 0 Å². The molecule has 0 spiro atoms. The highest BCUT2D eigenvalue weighted by molar-refractivity contribution is 5.85. The standard InChI is InChI=1S/C12H16N2/c1-10(12-13-7-8-14-12)9-11-5-3-2-4-6-11/h2-6,10H,7-9H2,1H3,(H,13,14)/t10-/m1/s1. The largest absolute Gasteiger partial charge is 0.372 e. The average Bonchev–Trinajstić information content (AvgIpc) is 2.72. The van der Waals surface area contributed by atoms with E-state index in [1.807, 2.05) is 0 Å². The van der Waals surface area contributed by atoms with Crippen molar-refractivity contribution < 1.29 is 0 Å². The van der Waals surface area contributed by atoms with Crippen LogP contribution in [0.25, 0.3) is 0 Å². The highest BCUT2D eigenvalue weighted by Crippen LogP contribution is 2.10. The number of nitrogens with zero attached hydrogens (tertiary/aromatic N) is 1. The minimum atomic E-state index is 0.514. The second-order valence-corrected chi connectivity index (χ2v) is 3.78. The molecule has 1 heterocycles. The third-order valence-electron chi connectivity index (χ3n) is 2.55. The molecule has 0 aromatic heterocycles. The van der Waals surface area contributed by atoms with Crippen molar-refractivity contribution in [3.63, 3.8) is 0 Å². The fourth-order valence-electron chi connectivity index (χ4n) is 1.81. The van der Waals surface area contributed by atoms with Crippen LogP contribution in [0.2, 0.25) is 0 Å². The van der Waals surface area contributed by atoms with E-state index in [9.17, 15) is 0 Å². The van der Waals surface area contributed by atoms with Crippen LogP contribution in [0.15, 0.2) is 35.3 Å². The van der Waals surface area contributed by atoms with Gasteiger partial charge in [0.2, 0.25) is 0 Å². The number of amidine groups is 1. The Balaban J connectivity index is 1.97. The first kappa shape index (κ1) is 9.25. The molecule has 2 heteroatoms. The lowest BCUT2D eigenvalue weighted by atomic mass is 10.0. The average molecular weight is 188 g/mol. The quantitative estimate of drug-likeness (QED) is 0.769. The Morgan fingerprint density at radius 1 is 1.36 bits per heavy atom. The van der Waals surface area contributed by atoms with E-state index >= 15 is 0 Å². The molecule has 1 N–H and O–H groups in total. The molecule has 0 unspecified atom stereocenters. The summed E-state index contributed by atoms with van der Waals surface area (Å²) in [5.74, 6) is 1.69. The normalized spacial score (nSPS) is 17.4. The highest BCUT2D eigenvalue weighted by Gasteiger charge is 2.13. The zero-order chi connectivity index (χ0) is 9.80. The van der Waals surface area contributed by atoms with Gasteiger partial charge in [-0.25, -0.2) is 0 Å². The van der Waals surface area contributed by atoms with E-state index < -0.39 is 0 Å². The van der Waals surface area contributed by atoms with Gasteiger partial charge in [-0.05, 0) is 12.0 Å². The zero-order valence-electron chi connectivity index (χ0n) is 8.53. The molecule has 1 aromatic rings. The van der Waals surface area contributed by atoms with Crippen LogP contribution in [0.3, 0.4) is 0 Å². The van der Waals surface area contributed by atoms with Crippen LogP contribution in [0, 0.1) is 5.92 Å². The molecular weight excluding hydrogens is 172 g/mol. The summed E-state index contributed by atoms with van der Waals surface area (Å²) in [4.78, 5) is 4.44. The van der Waals surface area contributed by atoms with E-state index in [1.165, 1.54) is 11.4 Å². The third kappa shape index (κ3) is 2.13. The van der Waals surface area contributed by atoms with E-state index in [0.717, 1.165) is 19.5 Å². The van der Waals surface area contributed by atoms with Gasteiger partial charge in [-0.2, -0.15) is 0 Å². The molecule has 1 aromatic carbocycles. The Kier molecular flexibility index (Phi) is 2.82. The Morgan fingerprint density at radius 2 is 2.14 bits per heavy atom. The second kappa shape index (κ2) is 4.27. The van der Waals surface area contributed by atoms with Gasteiger partial charge in [-0.1, -0.05) is 37.3 Å². The first-order chi connectivity index (χ1) is 6.86. The van der Waals surface area contributed by atoms with Gasteiger partial charge in [-0.15, -0.1) is 0 Å². The van der Waals surface area contributed by atoms with Crippen molar-refractivity contribution in [1.29, 1.82) is 0 Å². The Labute approximate surface area is 85.1 Å². The summed E-state index contributed by atoms with van der Waals surface area (Å²) in [6.07, 6.45) is 1.08. The van der Waals surface area contributed by atoms with Crippen LogP contribution in [0.1, 0.15) is 12.5 Å². The van der Waals surface area contributed by atoms with Crippen molar-refractivity contribution in [3.8, 4) is 0 Å². The molecule has 74 valence electrons. The van der Waals surface area contributed by atoms with Crippen LogP contribution < -0.4 is 5.32 Å². The van der Waals surface area contributed by atoms with Gasteiger partial charge in [0.05, 0.1) is 12.4 Å². The molecule has 2 rings (SSSR count). The molecular formula is C12H16N2.